The van der Waals surface area contributed by atoms with Gasteiger partial charge in [0.05, 0.1) is 10.5 Å². The minimum atomic E-state index is -0.643. The second-order valence-corrected chi connectivity index (χ2v) is 5.21. The van der Waals surface area contributed by atoms with E-state index in [1.807, 2.05) is 6.92 Å². The highest BCUT2D eigenvalue weighted by Gasteiger charge is 2.31. The number of hydrogen-bond acceptors (Lipinski definition) is 6. The molecule has 0 amide bonds. The fourth-order valence-electron chi connectivity index (χ4n) is 2.39. The fraction of sp³-hybridized carbons (Fsp3) is 0.500. The lowest BCUT2D eigenvalue weighted by Gasteiger charge is -2.19. The summed E-state index contributed by atoms with van der Waals surface area (Å²) in [5.41, 5.74) is 2.89. The lowest BCUT2D eigenvalue weighted by atomic mass is 10.1. The maximum Gasteiger partial charge on any atom is 0.293 e. The van der Waals surface area contributed by atoms with Gasteiger partial charge in [0.2, 0.25) is 0 Å². The van der Waals surface area contributed by atoms with Crippen LogP contribution >= 0.6 is 0 Å². The lowest BCUT2D eigenvalue weighted by Crippen LogP contribution is -2.29. The molecule has 0 aliphatic carbocycles. The number of nitrogens with one attached hydrogen (secondary N) is 1. The molecule has 7 heteroatoms. The average molecular weight is 266 g/mol. The van der Waals surface area contributed by atoms with Gasteiger partial charge < -0.3 is 10.5 Å². The zero-order valence-electron chi connectivity index (χ0n) is 10.8. The average Bonchev–Trinajstić information content (AvgIpc) is 2.68. The van der Waals surface area contributed by atoms with Gasteiger partial charge in [0.15, 0.2) is 0 Å². The van der Waals surface area contributed by atoms with Crippen molar-refractivity contribution in [1.82, 2.24) is 4.90 Å². The minimum absolute atomic E-state index is 0.0420. The van der Waals surface area contributed by atoms with E-state index in [0.717, 1.165) is 18.5 Å². The van der Waals surface area contributed by atoms with Crippen LogP contribution in [0.2, 0.25) is 0 Å². The first-order chi connectivity index (χ1) is 8.91. The molecule has 104 valence electrons. The fourth-order valence-corrected chi connectivity index (χ4v) is 2.39. The largest absolute Gasteiger partial charge is 0.389 e. The van der Waals surface area contributed by atoms with E-state index < -0.39 is 10.5 Å². The SMILES string of the molecule is CC1(O)CCN(Cc2ccc([N+](=O)[O-])c(NN)c2)C1. The molecule has 1 fully saturated rings. The molecule has 1 aromatic rings. The lowest BCUT2D eigenvalue weighted by molar-refractivity contribution is -0.384. The standard InChI is InChI=1S/C12H18N4O3/c1-12(17)4-5-15(8-12)7-9-2-3-11(16(18)19)10(6-9)14-13/h2-3,6,14,17H,4-5,7-8,13H2,1H3. The maximum atomic E-state index is 10.8. The van der Waals surface area contributed by atoms with E-state index >= 15 is 0 Å². The van der Waals surface area contributed by atoms with Crippen molar-refractivity contribution >= 4 is 11.4 Å². The summed E-state index contributed by atoms with van der Waals surface area (Å²) in [7, 11) is 0. The molecule has 1 atom stereocenters. The second-order valence-electron chi connectivity index (χ2n) is 5.21. The number of nitrogens with zero attached hydrogens (tertiary/aromatic N) is 2. The molecule has 19 heavy (non-hydrogen) atoms. The highest BCUT2D eigenvalue weighted by Crippen LogP contribution is 2.27. The summed E-state index contributed by atoms with van der Waals surface area (Å²) >= 11 is 0. The summed E-state index contributed by atoms with van der Waals surface area (Å²) in [4.78, 5) is 12.4. The van der Waals surface area contributed by atoms with Crippen LogP contribution in [0.4, 0.5) is 11.4 Å². The molecule has 1 heterocycles. The Balaban J connectivity index is 2.12. The second kappa shape index (κ2) is 5.12. The van der Waals surface area contributed by atoms with E-state index in [1.54, 1.807) is 12.1 Å². The summed E-state index contributed by atoms with van der Waals surface area (Å²) < 4.78 is 0. The van der Waals surface area contributed by atoms with Crippen LogP contribution in [0.25, 0.3) is 0 Å². The normalized spacial score (nSPS) is 23.5. The van der Waals surface area contributed by atoms with Crippen molar-refractivity contribution in [3.8, 4) is 0 Å². The molecule has 0 spiro atoms. The van der Waals surface area contributed by atoms with Crippen molar-refractivity contribution in [1.29, 1.82) is 0 Å². The molecule has 0 bridgehead atoms. The third kappa shape index (κ3) is 3.19. The summed E-state index contributed by atoms with van der Waals surface area (Å²) in [6.45, 7) is 3.88. The number of aliphatic hydroxyl groups is 1. The number of benzene rings is 1. The third-order valence-corrected chi connectivity index (χ3v) is 3.35. The van der Waals surface area contributed by atoms with Crippen LogP contribution in [-0.2, 0) is 6.54 Å². The number of anilines is 1. The van der Waals surface area contributed by atoms with E-state index in [2.05, 4.69) is 10.3 Å². The Morgan fingerprint density at radius 3 is 2.89 bits per heavy atom. The Morgan fingerprint density at radius 1 is 1.63 bits per heavy atom. The van der Waals surface area contributed by atoms with Gasteiger partial charge in [-0.25, -0.2) is 0 Å². The number of nitrogen functional groups attached to an aromatic ring is 1. The topological polar surface area (TPSA) is 105 Å². The van der Waals surface area contributed by atoms with Gasteiger partial charge in [-0.3, -0.25) is 20.9 Å². The predicted molar refractivity (Wildman–Crippen MR) is 71.4 cm³/mol. The van der Waals surface area contributed by atoms with Crippen molar-refractivity contribution in [3.05, 3.63) is 33.9 Å². The summed E-state index contributed by atoms with van der Waals surface area (Å²) in [5.74, 6) is 5.30. The molecule has 1 aliphatic heterocycles. The van der Waals surface area contributed by atoms with Gasteiger partial charge in [0.1, 0.15) is 5.69 Å². The molecular weight excluding hydrogens is 248 g/mol. The van der Waals surface area contributed by atoms with Crippen LogP contribution < -0.4 is 11.3 Å². The van der Waals surface area contributed by atoms with Crippen LogP contribution in [0.1, 0.15) is 18.9 Å². The molecule has 1 saturated heterocycles. The molecule has 4 N–H and O–H groups in total. The molecule has 7 nitrogen and oxygen atoms in total. The molecule has 1 aromatic carbocycles. The highest BCUT2D eigenvalue weighted by molar-refractivity contribution is 5.62. The van der Waals surface area contributed by atoms with Crippen molar-refractivity contribution < 1.29 is 10.0 Å². The first-order valence-electron chi connectivity index (χ1n) is 6.10. The number of β-amino-alcohol motifs (C(OH)–C–C–N with tert-alkyl or cyclic N) is 1. The van der Waals surface area contributed by atoms with Crippen molar-refractivity contribution in [3.63, 3.8) is 0 Å². The molecular formula is C12H18N4O3. The van der Waals surface area contributed by atoms with Crippen LogP contribution in [-0.4, -0.2) is 33.6 Å². The first-order valence-corrected chi connectivity index (χ1v) is 6.10. The Bertz CT molecular complexity index is 490. The van der Waals surface area contributed by atoms with E-state index in [4.69, 9.17) is 5.84 Å². The zero-order chi connectivity index (χ0) is 14.0. The summed E-state index contributed by atoms with van der Waals surface area (Å²) in [6.07, 6.45) is 0.738. The number of nitro benzene ring substituents is 1. The van der Waals surface area contributed by atoms with Crippen LogP contribution in [0, 0.1) is 10.1 Å². The van der Waals surface area contributed by atoms with Gasteiger partial charge in [-0.1, -0.05) is 6.07 Å². The maximum absolute atomic E-state index is 10.8. The van der Waals surface area contributed by atoms with Gasteiger partial charge in [-0.05, 0) is 25.0 Å². The monoisotopic (exact) mass is 266 g/mol. The van der Waals surface area contributed by atoms with E-state index in [1.165, 1.54) is 6.07 Å². The molecule has 1 unspecified atom stereocenters. The Kier molecular flexibility index (Phi) is 3.70. The number of hydrazine groups is 1. The molecule has 1 aliphatic rings. The quantitative estimate of drug-likeness (QED) is 0.423. The Morgan fingerprint density at radius 2 is 2.37 bits per heavy atom. The van der Waals surface area contributed by atoms with Crippen molar-refractivity contribution in [2.45, 2.75) is 25.5 Å². The summed E-state index contributed by atoms with van der Waals surface area (Å²) in [6, 6.07) is 4.83. The van der Waals surface area contributed by atoms with E-state index in [0.29, 0.717) is 18.8 Å². The van der Waals surface area contributed by atoms with Gasteiger partial charge in [0.25, 0.3) is 5.69 Å². The molecule has 0 radical (unpaired) electrons. The third-order valence-electron chi connectivity index (χ3n) is 3.35. The van der Waals surface area contributed by atoms with Crippen LogP contribution in [0.3, 0.4) is 0 Å². The van der Waals surface area contributed by atoms with Crippen LogP contribution in [0.5, 0.6) is 0 Å². The van der Waals surface area contributed by atoms with Gasteiger partial charge in [-0.15, -0.1) is 0 Å². The number of rotatable bonds is 4. The first kappa shape index (κ1) is 13.7. The van der Waals surface area contributed by atoms with E-state index in [-0.39, 0.29) is 5.69 Å². The van der Waals surface area contributed by atoms with Gasteiger partial charge >= 0.3 is 0 Å². The number of likely N-dealkylation sites (tertiary alicyclic amines) is 1. The number of hydrogen-bond donors (Lipinski definition) is 3. The Labute approximate surface area is 111 Å². The molecule has 0 aromatic heterocycles. The molecule has 2 rings (SSSR count). The number of nitro groups is 1. The van der Waals surface area contributed by atoms with E-state index in [9.17, 15) is 15.2 Å². The zero-order valence-corrected chi connectivity index (χ0v) is 10.8. The summed E-state index contributed by atoms with van der Waals surface area (Å²) in [5, 5.41) is 20.7. The van der Waals surface area contributed by atoms with Crippen LogP contribution in [0.15, 0.2) is 18.2 Å². The smallest absolute Gasteiger partial charge is 0.293 e. The minimum Gasteiger partial charge on any atom is -0.389 e. The Hall–Kier alpha value is -1.70. The highest BCUT2D eigenvalue weighted by atomic mass is 16.6. The predicted octanol–water partition coefficient (Wildman–Crippen LogP) is 0.837. The van der Waals surface area contributed by atoms with Gasteiger partial charge in [-0.2, -0.15) is 0 Å². The number of nitrogens with two attached hydrogens (primary N) is 1. The van der Waals surface area contributed by atoms with Crippen molar-refractivity contribution in [2.24, 2.45) is 5.84 Å². The van der Waals surface area contributed by atoms with Gasteiger partial charge in [0, 0.05) is 25.7 Å². The van der Waals surface area contributed by atoms with Crippen molar-refractivity contribution in [2.75, 3.05) is 18.5 Å². The molecule has 0 saturated carbocycles.